The number of nitrogens with zero attached hydrogens (tertiary/aromatic N) is 3. The zero-order valence-electron chi connectivity index (χ0n) is 13.4. The van der Waals surface area contributed by atoms with Gasteiger partial charge in [-0.2, -0.15) is 0 Å². The van der Waals surface area contributed by atoms with Crippen LogP contribution in [0.4, 0.5) is 5.69 Å². The average Bonchev–Trinajstić information content (AvgIpc) is 3.15. The van der Waals surface area contributed by atoms with Crippen molar-refractivity contribution >= 4 is 22.9 Å². The summed E-state index contributed by atoms with van der Waals surface area (Å²) >= 11 is 1.52. The maximum Gasteiger partial charge on any atom is 0.258 e. The number of aromatic nitrogens is 2. The van der Waals surface area contributed by atoms with Gasteiger partial charge in [0.1, 0.15) is 11.2 Å². The molecule has 0 spiro atoms. The highest BCUT2D eigenvalue weighted by Gasteiger charge is 2.33. The molecule has 0 saturated heterocycles. The van der Waals surface area contributed by atoms with E-state index in [9.17, 15) is 4.79 Å². The van der Waals surface area contributed by atoms with Crippen molar-refractivity contribution in [3.8, 4) is 10.7 Å². The van der Waals surface area contributed by atoms with E-state index in [-0.39, 0.29) is 12.1 Å². The molecular weight excluding hydrogens is 332 g/mol. The second-order valence-corrected chi connectivity index (χ2v) is 6.49. The monoisotopic (exact) mass is 348 g/mol. The standard InChI is InChI=1S/C19H16N4OS/c1-2-11-23-17(21-14-8-4-3-7-13(14)19(23)24)16-12-25-18(22-16)15-9-5-6-10-20-15/h2-10,12,17,21H,1,11H2/t17-/m1/s1. The smallest absolute Gasteiger partial charge is 0.258 e. The molecule has 1 aromatic carbocycles. The van der Waals surface area contributed by atoms with Crippen molar-refractivity contribution in [1.29, 1.82) is 0 Å². The minimum Gasteiger partial charge on any atom is -0.359 e. The Morgan fingerprint density at radius 2 is 2.08 bits per heavy atom. The Morgan fingerprint density at radius 3 is 2.88 bits per heavy atom. The Balaban J connectivity index is 1.72. The Morgan fingerprint density at radius 1 is 1.24 bits per heavy atom. The molecule has 1 aliphatic rings. The minimum absolute atomic E-state index is 0.0216. The molecular formula is C19H16N4OS. The van der Waals surface area contributed by atoms with E-state index in [0.717, 1.165) is 22.1 Å². The summed E-state index contributed by atoms with van der Waals surface area (Å²) in [6.07, 6.45) is 3.15. The molecule has 4 rings (SSSR count). The summed E-state index contributed by atoms with van der Waals surface area (Å²) in [4.78, 5) is 23.7. The second kappa shape index (κ2) is 6.49. The summed E-state index contributed by atoms with van der Waals surface area (Å²) in [6.45, 7) is 4.22. The number of benzene rings is 1. The van der Waals surface area contributed by atoms with Crippen LogP contribution in [-0.2, 0) is 0 Å². The van der Waals surface area contributed by atoms with Crippen LogP contribution in [0, 0.1) is 0 Å². The Kier molecular flexibility index (Phi) is 4.03. The number of rotatable bonds is 4. The van der Waals surface area contributed by atoms with Crippen molar-refractivity contribution in [2.24, 2.45) is 0 Å². The molecule has 124 valence electrons. The summed E-state index contributed by atoms with van der Waals surface area (Å²) in [5.74, 6) is -0.0216. The van der Waals surface area contributed by atoms with Gasteiger partial charge in [0, 0.05) is 23.8 Å². The molecule has 6 heteroatoms. The second-order valence-electron chi connectivity index (χ2n) is 5.63. The van der Waals surface area contributed by atoms with Crippen molar-refractivity contribution in [2.45, 2.75) is 6.17 Å². The third kappa shape index (κ3) is 2.81. The molecule has 0 fully saturated rings. The summed E-state index contributed by atoms with van der Waals surface area (Å²) < 4.78 is 0. The number of para-hydroxylation sites is 1. The molecule has 0 unspecified atom stereocenters. The first-order valence-corrected chi connectivity index (χ1v) is 8.80. The number of carbonyl (C=O) groups excluding carboxylic acids is 1. The molecule has 25 heavy (non-hydrogen) atoms. The van der Waals surface area contributed by atoms with Gasteiger partial charge in [-0.25, -0.2) is 4.98 Å². The maximum absolute atomic E-state index is 12.9. The van der Waals surface area contributed by atoms with Crippen LogP contribution in [0.5, 0.6) is 0 Å². The van der Waals surface area contributed by atoms with Gasteiger partial charge in [0.2, 0.25) is 0 Å². The van der Waals surface area contributed by atoms with E-state index >= 15 is 0 Å². The van der Waals surface area contributed by atoms with E-state index in [1.54, 1.807) is 17.2 Å². The molecule has 1 atom stereocenters. The van der Waals surface area contributed by atoms with Crippen LogP contribution in [0.2, 0.25) is 0 Å². The molecule has 0 bridgehead atoms. The van der Waals surface area contributed by atoms with E-state index in [2.05, 4.69) is 16.9 Å². The highest BCUT2D eigenvalue weighted by atomic mass is 32.1. The molecule has 1 aliphatic heterocycles. The van der Waals surface area contributed by atoms with Crippen molar-refractivity contribution in [3.05, 3.63) is 78.0 Å². The molecule has 3 aromatic rings. The fraction of sp³-hybridized carbons (Fsp3) is 0.105. The lowest BCUT2D eigenvalue weighted by Gasteiger charge is -2.36. The maximum atomic E-state index is 12.9. The third-order valence-electron chi connectivity index (χ3n) is 4.03. The van der Waals surface area contributed by atoms with E-state index in [1.165, 1.54) is 11.3 Å². The average molecular weight is 348 g/mol. The first-order chi connectivity index (χ1) is 12.3. The fourth-order valence-corrected chi connectivity index (χ4v) is 3.69. The molecule has 3 heterocycles. The molecule has 0 saturated carbocycles. The van der Waals surface area contributed by atoms with Crippen molar-refractivity contribution < 1.29 is 4.79 Å². The fourth-order valence-electron chi connectivity index (χ4n) is 2.87. The van der Waals surface area contributed by atoms with Gasteiger partial charge in [-0.05, 0) is 24.3 Å². The Hall–Kier alpha value is -2.99. The Labute approximate surface area is 149 Å². The number of hydrogen-bond acceptors (Lipinski definition) is 5. The van der Waals surface area contributed by atoms with Gasteiger partial charge in [0.05, 0.1) is 17.0 Å². The van der Waals surface area contributed by atoms with Gasteiger partial charge in [-0.3, -0.25) is 9.78 Å². The molecule has 2 aromatic heterocycles. The molecule has 1 amide bonds. The lowest BCUT2D eigenvalue weighted by Crippen LogP contribution is -2.43. The Bertz CT molecular complexity index is 922. The van der Waals surface area contributed by atoms with Crippen LogP contribution >= 0.6 is 11.3 Å². The van der Waals surface area contributed by atoms with Crippen LogP contribution in [0.15, 0.2) is 66.7 Å². The minimum atomic E-state index is -0.325. The van der Waals surface area contributed by atoms with Gasteiger partial charge in [-0.15, -0.1) is 17.9 Å². The summed E-state index contributed by atoms with van der Waals surface area (Å²) in [5.41, 5.74) is 3.12. The number of pyridine rings is 1. The van der Waals surface area contributed by atoms with E-state index in [4.69, 9.17) is 4.98 Å². The van der Waals surface area contributed by atoms with Crippen molar-refractivity contribution in [1.82, 2.24) is 14.9 Å². The lowest BCUT2D eigenvalue weighted by atomic mass is 10.1. The van der Waals surface area contributed by atoms with E-state index < -0.39 is 0 Å². The van der Waals surface area contributed by atoms with E-state index in [0.29, 0.717) is 12.1 Å². The number of fused-ring (bicyclic) bond motifs is 1. The number of amides is 1. The normalized spacial score (nSPS) is 16.2. The predicted octanol–water partition coefficient (Wildman–Crippen LogP) is 3.96. The summed E-state index contributed by atoms with van der Waals surface area (Å²) in [5, 5.41) is 6.23. The zero-order valence-corrected chi connectivity index (χ0v) is 14.2. The van der Waals surface area contributed by atoms with Gasteiger partial charge in [0.15, 0.2) is 0 Å². The zero-order chi connectivity index (χ0) is 17.2. The van der Waals surface area contributed by atoms with Gasteiger partial charge < -0.3 is 10.2 Å². The highest BCUT2D eigenvalue weighted by Crippen LogP contribution is 2.34. The van der Waals surface area contributed by atoms with Gasteiger partial charge >= 0.3 is 0 Å². The molecule has 5 nitrogen and oxygen atoms in total. The van der Waals surface area contributed by atoms with Crippen molar-refractivity contribution in [2.75, 3.05) is 11.9 Å². The topological polar surface area (TPSA) is 58.1 Å². The summed E-state index contributed by atoms with van der Waals surface area (Å²) in [6, 6.07) is 13.3. The number of carbonyl (C=O) groups is 1. The number of thiazole rings is 1. The van der Waals surface area contributed by atoms with Crippen LogP contribution in [0.3, 0.4) is 0 Å². The van der Waals surface area contributed by atoms with Crippen LogP contribution < -0.4 is 5.32 Å². The molecule has 0 radical (unpaired) electrons. The quantitative estimate of drug-likeness (QED) is 0.725. The highest BCUT2D eigenvalue weighted by molar-refractivity contribution is 7.13. The van der Waals surface area contributed by atoms with E-state index in [1.807, 2.05) is 47.8 Å². The predicted molar refractivity (Wildman–Crippen MR) is 99.4 cm³/mol. The first-order valence-electron chi connectivity index (χ1n) is 7.92. The lowest BCUT2D eigenvalue weighted by molar-refractivity contribution is 0.0705. The van der Waals surface area contributed by atoms with Gasteiger partial charge in [0.25, 0.3) is 5.91 Å². The number of nitrogens with one attached hydrogen (secondary N) is 1. The summed E-state index contributed by atoms with van der Waals surface area (Å²) in [7, 11) is 0. The SMILES string of the molecule is C=CCN1C(=O)c2ccccc2N[C@H]1c1csc(-c2ccccn2)n1. The third-order valence-corrected chi connectivity index (χ3v) is 4.92. The largest absolute Gasteiger partial charge is 0.359 e. The van der Waals surface area contributed by atoms with Gasteiger partial charge in [-0.1, -0.05) is 24.3 Å². The first kappa shape index (κ1) is 15.5. The number of hydrogen-bond donors (Lipinski definition) is 1. The molecule has 0 aliphatic carbocycles. The van der Waals surface area contributed by atoms with Crippen LogP contribution in [0.1, 0.15) is 22.2 Å². The van der Waals surface area contributed by atoms with Crippen molar-refractivity contribution in [3.63, 3.8) is 0 Å². The van der Waals surface area contributed by atoms with Crippen LogP contribution in [0.25, 0.3) is 10.7 Å². The van der Waals surface area contributed by atoms with Crippen LogP contribution in [-0.4, -0.2) is 27.3 Å². The molecule has 1 N–H and O–H groups in total. The number of anilines is 1.